The van der Waals surface area contributed by atoms with Gasteiger partial charge in [-0.25, -0.2) is 0 Å². The highest BCUT2D eigenvalue weighted by Gasteiger charge is 2.34. The molecule has 0 spiro atoms. The Bertz CT molecular complexity index is 1070. The molecule has 0 N–H and O–H groups in total. The molecule has 3 aromatic rings. The average molecular weight is 511 g/mol. The largest absolute Gasteiger partial charge is 0.0683 e. The molecule has 1 heteroatoms. The van der Waals surface area contributed by atoms with E-state index in [1.165, 1.54) is 88.2 Å². The highest BCUT2D eigenvalue weighted by molar-refractivity contribution is 7.67. The van der Waals surface area contributed by atoms with Crippen LogP contribution in [0.4, 0.5) is 0 Å². The molecule has 0 atom stereocenters. The molecule has 0 nitrogen and oxygen atoms in total. The third-order valence-electron chi connectivity index (χ3n) is 8.84. The van der Waals surface area contributed by atoms with Crippen LogP contribution in [0.2, 0.25) is 0 Å². The van der Waals surface area contributed by atoms with E-state index >= 15 is 0 Å². The van der Waals surface area contributed by atoms with Crippen molar-refractivity contribution in [2.24, 2.45) is 0 Å². The highest BCUT2D eigenvalue weighted by atomic mass is 31.1. The van der Waals surface area contributed by atoms with Gasteiger partial charge in [0.25, 0.3) is 0 Å². The van der Waals surface area contributed by atoms with Gasteiger partial charge in [-0.3, -0.25) is 0 Å². The lowest BCUT2D eigenvalue weighted by Gasteiger charge is -2.40. The Hall–Kier alpha value is -1.91. The first-order valence-corrected chi connectivity index (χ1v) is 16.9. The number of aryl methyl sites for hydroxylation is 2. The molecule has 196 valence electrons. The molecule has 0 aromatic heterocycles. The summed E-state index contributed by atoms with van der Waals surface area (Å²) in [6.45, 7) is 4.70. The van der Waals surface area contributed by atoms with Crippen molar-refractivity contribution in [2.45, 2.75) is 115 Å². The van der Waals surface area contributed by atoms with Crippen LogP contribution in [-0.2, 0) is 12.8 Å². The predicted octanol–water partition coefficient (Wildman–Crippen LogP) is 10.7. The molecule has 0 saturated heterocycles. The van der Waals surface area contributed by atoms with Crippen LogP contribution in [0, 0.1) is 0 Å². The summed E-state index contributed by atoms with van der Waals surface area (Å²) in [5.41, 5.74) is 10.9. The molecule has 0 unspecified atom stereocenters. The Morgan fingerprint density at radius 2 is 1.11 bits per heavy atom. The fraction of sp³-hybridized carbons (Fsp3) is 0.500. The minimum atomic E-state index is -0.131. The Labute approximate surface area is 228 Å². The molecule has 5 rings (SSSR count). The molecule has 2 aliphatic rings. The van der Waals surface area contributed by atoms with Crippen LogP contribution in [-0.4, -0.2) is 11.3 Å². The Balaban J connectivity index is 1.66. The third-order valence-corrected chi connectivity index (χ3v) is 12.4. The van der Waals surface area contributed by atoms with Gasteiger partial charge in [0.15, 0.2) is 0 Å². The van der Waals surface area contributed by atoms with Gasteiger partial charge < -0.3 is 0 Å². The van der Waals surface area contributed by atoms with Gasteiger partial charge in [-0.2, -0.15) is 0 Å². The molecule has 2 saturated carbocycles. The number of benzene rings is 3. The minimum absolute atomic E-state index is 0.131. The topological polar surface area (TPSA) is 0 Å². The molecule has 0 aliphatic heterocycles. The van der Waals surface area contributed by atoms with E-state index in [2.05, 4.69) is 80.6 Å². The number of hydrogen-bond donors (Lipinski definition) is 0. The maximum atomic E-state index is 2.57. The Morgan fingerprint density at radius 3 is 1.65 bits per heavy atom. The zero-order chi connectivity index (χ0) is 25.5. The molecule has 0 radical (unpaired) electrons. The van der Waals surface area contributed by atoms with Crippen molar-refractivity contribution in [3.63, 3.8) is 0 Å². The fourth-order valence-corrected chi connectivity index (χ4v) is 11.1. The predicted molar refractivity (Wildman–Crippen MR) is 166 cm³/mol. The zero-order valence-corrected chi connectivity index (χ0v) is 24.2. The summed E-state index contributed by atoms with van der Waals surface area (Å²) in [6, 6.07) is 25.9. The van der Waals surface area contributed by atoms with Gasteiger partial charge in [0.1, 0.15) is 0 Å². The highest BCUT2D eigenvalue weighted by Crippen LogP contribution is 2.56. The quantitative estimate of drug-likeness (QED) is 0.251. The number of hydrogen-bond acceptors (Lipinski definition) is 0. The van der Waals surface area contributed by atoms with E-state index in [-0.39, 0.29) is 7.92 Å². The van der Waals surface area contributed by atoms with Gasteiger partial charge in [-0.15, -0.1) is 0 Å². The standard InChI is InChI=1S/C36H47P/c1-3-16-29-26-31(28-18-8-5-9-19-28)27-30(17-4-2)36(29)34-24-14-15-25-35(34)37(32-20-10-6-11-21-32)33-22-12-7-13-23-33/h5,8-9,14-15,18-19,24-27,32-33H,3-4,6-7,10-13,16-17,20-23H2,1-2H3. The summed E-state index contributed by atoms with van der Waals surface area (Å²) in [5.74, 6) is 0. The number of rotatable bonds is 9. The lowest BCUT2D eigenvalue weighted by atomic mass is 9.87. The van der Waals surface area contributed by atoms with E-state index in [0.717, 1.165) is 24.2 Å². The molecule has 37 heavy (non-hydrogen) atoms. The van der Waals surface area contributed by atoms with Crippen LogP contribution in [0.3, 0.4) is 0 Å². The van der Waals surface area contributed by atoms with Crippen LogP contribution in [0.5, 0.6) is 0 Å². The average Bonchev–Trinajstić information content (AvgIpc) is 2.96. The van der Waals surface area contributed by atoms with Crippen molar-refractivity contribution in [3.05, 3.63) is 77.9 Å². The van der Waals surface area contributed by atoms with E-state index < -0.39 is 0 Å². The summed E-state index contributed by atoms with van der Waals surface area (Å²) in [4.78, 5) is 0. The van der Waals surface area contributed by atoms with Crippen LogP contribution in [0.15, 0.2) is 66.7 Å². The lowest BCUT2D eigenvalue weighted by Crippen LogP contribution is -2.27. The van der Waals surface area contributed by atoms with Gasteiger partial charge >= 0.3 is 0 Å². The normalized spacial score (nSPS) is 17.4. The van der Waals surface area contributed by atoms with Gasteiger partial charge in [-0.05, 0) is 88.5 Å². The summed E-state index contributed by atoms with van der Waals surface area (Å²) in [7, 11) is -0.131. The molecular formula is C36H47P. The SMILES string of the molecule is CCCc1cc(-c2ccccc2)cc(CCC)c1-c1ccccc1P(C1CCCCC1)C1CCCCC1. The van der Waals surface area contributed by atoms with Crippen molar-refractivity contribution in [3.8, 4) is 22.3 Å². The first kappa shape index (κ1) is 26.7. The van der Waals surface area contributed by atoms with E-state index in [9.17, 15) is 0 Å². The molecule has 0 amide bonds. The lowest BCUT2D eigenvalue weighted by molar-refractivity contribution is 0.487. The second-order valence-corrected chi connectivity index (χ2v) is 14.3. The maximum absolute atomic E-state index is 2.57. The van der Waals surface area contributed by atoms with Crippen molar-refractivity contribution in [2.75, 3.05) is 0 Å². The van der Waals surface area contributed by atoms with E-state index in [0.29, 0.717) is 0 Å². The summed E-state index contributed by atoms with van der Waals surface area (Å²) >= 11 is 0. The van der Waals surface area contributed by atoms with Crippen LogP contribution in [0.25, 0.3) is 22.3 Å². The summed E-state index contributed by atoms with van der Waals surface area (Å²) in [5, 5.41) is 1.75. The minimum Gasteiger partial charge on any atom is -0.0683 e. The maximum Gasteiger partial charge on any atom is -0.0101 e. The summed E-state index contributed by atoms with van der Waals surface area (Å²) in [6.07, 6.45) is 19.3. The Kier molecular flexibility index (Phi) is 9.55. The van der Waals surface area contributed by atoms with Crippen molar-refractivity contribution in [1.82, 2.24) is 0 Å². The van der Waals surface area contributed by atoms with E-state index in [1.54, 1.807) is 27.6 Å². The monoisotopic (exact) mass is 510 g/mol. The smallest absolute Gasteiger partial charge is 0.0101 e. The molecular weight excluding hydrogens is 463 g/mol. The van der Waals surface area contributed by atoms with E-state index in [1.807, 2.05) is 0 Å². The zero-order valence-electron chi connectivity index (χ0n) is 23.4. The third kappa shape index (κ3) is 6.23. The van der Waals surface area contributed by atoms with Crippen molar-refractivity contribution >= 4 is 13.2 Å². The molecule has 0 bridgehead atoms. The van der Waals surface area contributed by atoms with Crippen molar-refractivity contribution < 1.29 is 0 Å². The van der Waals surface area contributed by atoms with Gasteiger partial charge in [0.05, 0.1) is 0 Å². The second kappa shape index (κ2) is 13.2. The summed E-state index contributed by atoms with van der Waals surface area (Å²) < 4.78 is 0. The Morgan fingerprint density at radius 1 is 0.595 bits per heavy atom. The van der Waals surface area contributed by atoms with Crippen LogP contribution >= 0.6 is 7.92 Å². The second-order valence-electron chi connectivity index (χ2n) is 11.5. The van der Waals surface area contributed by atoms with E-state index in [4.69, 9.17) is 0 Å². The van der Waals surface area contributed by atoms with Crippen LogP contribution < -0.4 is 5.30 Å². The van der Waals surface area contributed by atoms with Gasteiger partial charge in [0.2, 0.25) is 0 Å². The molecule has 0 heterocycles. The van der Waals surface area contributed by atoms with Gasteiger partial charge in [-0.1, -0.05) is 140 Å². The molecule has 2 aliphatic carbocycles. The first-order valence-electron chi connectivity index (χ1n) is 15.4. The van der Waals surface area contributed by atoms with Gasteiger partial charge in [0, 0.05) is 0 Å². The molecule has 3 aromatic carbocycles. The molecule has 2 fully saturated rings. The fourth-order valence-electron chi connectivity index (χ4n) is 7.16. The van der Waals surface area contributed by atoms with Crippen molar-refractivity contribution in [1.29, 1.82) is 0 Å². The van der Waals surface area contributed by atoms with Crippen LogP contribution in [0.1, 0.15) is 102 Å². The first-order chi connectivity index (χ1) is 18.3.